The summed E-state index contributed by atoms with van der Waals surface area (Å²) in [5.74, 6) is -0.413. The Balaban J connectivity index is 1.35. The molecule has 0 spiro atoms. The summed E-state index contributed by atoms with van der Waals surface area (Å²) in [5, 5.41) is 17.7. The van der Waals surface area contributed by atoms with Crippen LogP contribution in [-0.2, 0) is 16.1 Å². The van der Waals surface area contributed by atoms with Crippen LogP contribution in [0.25, 0.3) is 0 Å². The summed E-state index contributed by atoms with van der Waals surface area (Å²) in [5.41, 5.74) is 0.802. The van der Waals surface area contributed by atoms with E-state index >= 15 is 0 Å². The third kappa shape index (κ3) is 6.32. The number of carbonyl (C=O) groups is 2. The molecule has 0 radical (unpaired) electrons. The van der Waals surface area contributed by atoms with Crippen LogP contribution in [0.1, 0.15) is 52.0 Å². The number of hydrogen-bond donors (Lipinski definition) is 3. The van der Waals surface area contributed by atoms with Crippen molar-refractivity contribution in [3.05, 3.63) is 66.0 Å². The van der Waals surface area contributed by atoms with Crippen LogP contribution < -0.4 is 15.4 Å². The number of ether oxygens (including phenoxy) is 1. The molecule has 2 aliphatic rings. The van der Waals surface area contributed by atoms with Gasteiger partial charge in [0.2, 0.25) is 5.91 Å². The Labute approximate surface area is 219 Å². The van der Waals surface area contributed by atoms with E-state index in [0.29, 0.717) is 12.3 Å². The van der Waals surface area contributed by atoms with Gasteiger partial charge in [-0.25, -0.2) is 4.39 Å². The number of carbonyl (C=O) groups excluding carboxylic acids is 2. The zero-order chi connectivity index (χ0) is 26.6. The number of halogens is 1. The summed E-state index contributed by atoms with van der Waals surface area (Å²) in [4.78, 5) is 25.6. The molecule has 3 N–H and O–H groups in total. The predicted octanol–water partition coefficient (Wildman–Crippen LogP) is 4.47. The fourth-order valence-corrected chi connectivity index (χ4v) is 6.56. The largest absolute Gasteiger partial charge is 0.484 e. The molecule has 0 saturated heterocycles. The van der Waals surface area contributed by atoms with Gasteiger partial charge in [0.1, 0.15) is 11.6 Å². The predicted molar refractivity (Wildman–Crippen MR) is 140 cm³/mol. The fourth-order valence-electron chi connectivity index (χ4n) is 6.56. The van der Waals surface area contributed by atoms with Crippen LogP contribution in [0.4, 0.5) is 4.39 Å². The molecule has 2 saturated carbocycles. The minimum absolute atomic E-state index is 0.0207. The van der Waals surface area contributed by atoms with Crippen molar-refractivity contribution in [1.82, 2.24) is 10.6 Å². The zero-order valence-electron chi connectivity index (χ0n) is 22.0. The third-order valence-corrected chi connectivity index (χ3v) is 8.78. The Morgan fingerprint density at radius 1 is 1.11 bits per heavy atom. The van der Waals surface area contributed by atoms with Gasteiger partial charge in [0.25, 0.3) is 5.91 Å². The molecular weight excluding hydrogens is 471 g/mol. The molecule has 0 aromatic heterocycles. The average molecular weight is 511 g/mol. The molecule has 2 aliphatic carbocycles. The van der Waals surface area contributed by atoms with E-state index < -0.39 is 6.10 Å². The first-order valence-corrected chi connectivity index (χ1v) is 13.4. The number of fused-ring (bicyclic) bond motifs is 1. The van der Waals surface area contributed by atoms with Crippen molar-refractivity contribution in [2.24, 2.45) is 29.1 Å². The normalized spacial score (nSPS) is 30.0. The number of aliphatic hydroxyl groups is 1. The Morgan fingerprint density at radius 2 is 1.78 bits per heavy atom. The van der Waals surface area contributed by atoms with Gasteiger partial charge in [-0.2, -0.15) is 0 Å². The summed E-state index contributed by atoms with van der Waals surface area (Å²) in [6, 6.07) is 15.3. The first-order valence-electron chi connectivity index (χ1n) is 13.4. The second-order valence-corrected chi connectivity index (χ2v) is 11.2. The maximum absolute atomic E-state index is 13.2. The third-order valence-electron chi connectivity index (χ3n) is 8.78. The van der Waals surface area contributed by atoms with Crippen molar-refractivity contribution in [2.75, 3.05) is 6.61 Å². The standard InChI is InChI=1S/C30H39FN2O4/c1-19(29(36)32-17-21-9-11-22(31)12-10-21)24-13-15-30(3)16-14-25(20(2)27(30)28(24)35)33-26(34)18-37-23-7-5-4-6-8-23/h4-12,19-20,24-25,27-28,35H,13-18H2,1-3H3,(H,32,36)(H,33,34)/t19-,20+,24+,25-,27+,28-,30-/m0/s1. The van der Waals surface area contributed by atoms with Crippen LogP contribution in [0, 0.1) is 34.9 Å². The molecule has 0 bridgehead atoms. The molecule has 0 heterocycles. The Morgan fingerprint density at radius 3 is 2.49 bits per heavy atom. The molecule has 2 aromatic rings. The molecule has 37 heavy (non-hydrogen) atoms. The maximum Gasteiger partial charge on any atom is 0.258 e. The van der Waals surface area contributed by atoms with Crippen molar-refractivity contribution >= 4 is 11.8 Å². The minimum Gasteiger partial charge on any atom is -0.484 e. The molecule has 0 unspecified atom stereocenters. The van der Waals surface area contributed by atoms with Gasteiger partial charge in [-0.05, 0) is 78.7 Å². The first kappa shape index (κ1) is 27.1. The van der Waals surface area contributed by atoms with Gasteiger partial charge in [0, 0.05) is 18.5 Å². The number of benzene rings is 2. The highest BCUT2D eigenvalue weighted by atomic mass is 19.1. The number of para-hydroxylation sites is 1. The van der Waals surface area contributed by atoms with Crippen molar-refractivity contribution in [3.8, 4) is 5.75 Å². The highest BCUT2D eigenvalue weighted by Gasteiger charge is 2.53. The van der Waals surface area contributed by atoms with Crippen LogP contribution in [0.2, 0.25) is 0 Å². The van der Waals surface area contributed by atoms with Crippen LogP contribution in [-0.4, -0.2) is 35.7 Å². The van der Waals surface area contributed by atoms with Crippen molar-refractivity contribution in [1.29, 1.82) is 0 Å². The summed E-state index contributed by atoms with van der Waals surface area (Å²) < 4.78 is 18.8. The Bertz CT molecular complexity index is 1060. The summed E-state index contributed by atoms with van der Waals surface area (Å²) in [6.45, 7) is 6.50. The first-order chi connectivity index (χ1) is 17.7. The zero-order valence-corrected chi connectivity index (χ0v) is 22.0. The van der Waals surface area contributed by atoms with Gasteiger partial charge in [-0.15, -0.1) is 0 Å². The van der Waals surface area contributed by atoms with E-state index in [1.165, 1.54) is 12.1 Å². The van der Waals surface area contributed by atoms with Crippen molar-refractivity contribution in [2.45, 2.75) is 65.1 Å². The van der Waals surface area contributed by atoms with E-state index in [2.05, 4.69) is 24.5 Å². The molecular formula is C30H39FN2O4. The van der Waals surface area contributed by atoms with E-state index in [1.54, 1.807) is 12.1 Å². The number of rotatable bonds is 8. The summed E-state index contributed by atoms with van der Waals surface area (Å²) in [6.07, 6.45) is 2.86. The lowest BCUT2D eigenvalue weighted by Crippen LogP contribution is -2.58. The second kappa shape index (κ2) is 11.6. The molecule has 7 heteroatoms. The fraction of sp³-hybridized carbons (Fsp3) is 0.533. The van der Waals surface area contributed by atoms with Gasteiger partial charge in [-0.3, -0.25) is 9.59 Å². The number of amides is 2. The lowest BCUT2D eigenvalue weighted by molar-refractivity contribution is -0.144. The van der Waals surface area contributed by atoms with Crippen LogP contribution >= 0.6 is 0 Å². The van der Waals surface area contributed by atoms with Gasteiger partial charge in [0.15, 0.2) is 6.61 Å². The Kier molecular flexibility index (Phi) is 8.53. The molecule has 7 atom stereocenters. The summed E-state index contributed by atoms with van der Waals surface area (Å²) in [7, 11) is 0. The highest BCUT2D eigenvalue weighted by Crippen LogP contribution is 2.55. The molecule has 2 aromatic carbocycles. The second-order valence-electron chi connectivity index (χ2n) is 11.2. The smallest absolute Gasteiger partial charge is 0.258 e. The van der Waals surface area contributed by atoms with Gasteiger partial charge >= 0.3 is 0 Å². The van der Waals surface area contributed by atoms with E-state index in [9.17, 15) is 19.1 Å². The van der Waals surface area contributed by atoms with Crippen LogP contribution in [0.15, 0.2) is 54.6 Å². The SMILES string of the molecule is C[C@H]1[C@@H]2[C@@H](O)[C@@H]([C@H](C)C(=O)NCc3ccc(F)cc3)CC[C@@]2(C)CC[C@@H]1NC(=O)COc1ccccc1. The van der Waals surface area contributed by atoms with Gasteiger partial charge in [0.05, 0.1) is 6.10 Å². The molecule has 2 amide bonds. The maximum atomic E-state index is 13.2. The van der Waals surface area contributed by atoms with Crippen molar-refractivity contribution < 1.29 is 23.8 Å². The molecule has 2 fully saturated rings. The van der Waals surface area contributed by atoms with E-state index in [4.69, 9.17) is 4.74 Å². The van der Waals surface area contributed by atoms with Crippen LogP contribution in [0.5, 0.6) is 5.75 Å². The van der Waals surface area contributed by atoms with Gasteiger partial charge in [-0.1, -0.05) is 51.1 Å². The topological polar surface area (TPSA) is 87.7 Å². The molecule has 6 nitrogen and oxygen atoms in total. The monoisotopic (exact) mass is 510 g/mol. The van der Waals surface area contributed by atoms with Crippen molar-refractivity contribution in [3.63, 3.8) is 0 Å². The lowest BCUT2D eigenvalue weighted by Gasteiger charge is -2.56. The van der Waals surface area contributed by atoms with E-state index in [-0.39, 0.29) is 59.4 Å². The minimum atomic E-state index is -0.638. The Hall–Kier alpha value is -2.93. The quantitative estimate of drug-likeness (QED) is 0.489. The van der Waals surface area contributed by atoms with E-state index in [1.807, 2.05) is 37.3 Å². The summed E-state index contributed by atoms with van der Waals surface area (Å²) >= 11 is 0. The average Bonchev–Trinajstić information content (AvgIpc) is 2.89. The molecule has 200 valence electrons. The van der Waals surface area contributed by atoms with Gasteiger partial charge < -0.3 is 20.5 Å². The number of nitrogens with one attached hydrogen (secondary N) is 2. The highest BCUT2D eigenvalue weighted by molar-refractivity contribution is 5.79. The molecule has 0 aliphatic heterocycles. The van der Waals surface area contributed by atoms with E-state index in [0.717, 1.165) is 31.2 Å². The number of aliphatic hydroxyl groups excluding tert-OH is 1. The number of hydrogen-bond acceptors (Lipinski definition) is 4. The van der Waals surface area contributed by atoms with Crippen LogP contribution in [0.3, 0.4) is 0 Å². The lowest BCUT2D eigenvalue weighted by atomic mass is 9.51. The molecule has 4 rings (SSSR count).